The molecule has 0 N–H and O–H groups in total. The molecule has 0 aliphatic rings. The van der Waals surface area contributed by atoms with E-state index in [0.717, 1.165) is 12.1 Å². The Balaban J connectivity index is 0.000000673. The van der Waals surface area contributed by atoms with Crippen LogP contribution >= 0.6 is 0 Å². The minimum atomic E-state index is -4.45. The largest absolute Gasteiger partial charge is 0.477 e. The molecule has 0 aliphatic heterocycles. The molecule has 0 amide bonds. The number of rotatable bonds is 2. The van der Waals surface area contributed by atoms with Crippen molar-refractivity contribution in [1.29, 1.82) is 0 Å². The van der Waals surface area contributed by atoms with Crippen LogP contribution in [0.2, 0.25) is 0 Å². The Labute approximate surface area is 92.6 Å². The normalized spacial score (nSPS) is 10.4. The van der Waals surface area contributed by atoms with Crippen molar-refractivity contribution < 1.29 is 17.9 Å². The number of nitrogens with zero attached hydrogens (tertiary/aromatic N) is 2. The average molecular weight is 236 g/mol. The molecule has 0 saturated carbocycles. The second kappa shape index (κ2) is 7.03. The minimum Gasteiger partial charge on any atom is -0.477 e. The van der Waals surface area contributed by atoms with E-state index in [-0.39, 0.29) is 5.88 Å². The van der Waals surface area contributed by atoms with Crippen molar-refractivity contribution in [3.63, 3.8) is 0 Å². The molecule has 0 spiro atoms. The summed E-state index contributed by atoms with van der Waals surface area (Å²) in [6, 6.07) is 1.97. The van der Waals surface area contributed by atoms with Crippen molar-refractivity contribution in [2.45, 2.75) is 33.4 Å². The monoisotopic (exact) mass is 236 g/mol. The van der Waals surface area contributed by atoms with Gasteiger partial charge in [-0.2, -0.15) is 13.2 Å². The number of aromatic nitrogens is 2. The maximum atomic E-state index is 12.0. The lowest BCUT2D eigenvalue weighted by Gasteiger charge is -2.04. The highest BCUT2D eigenvalue weighted by Gasteiger charge is 2.32. The summed E-state index contributed by atoms with van der Waals surface area (Å²) in [7, 11) is 0. The highest BCUT2D eigenvalue weighted by Crippen LogP contribution is 2.27. The third kappa shape index (κ3) is 5.53. The molecular formula is C10H15F3N2O. The van der Waals surface area contributed by atoms with E-state index in [4.69, 9.17) is 4.74 Å². The van der Waals surface area contributed by atoms with Crippen LogP contribution in [0.3, 0.4) is 0 Å². The van der Waals surface area contributed by atoms with Gasteiger partial charge in [0.25, 0.3) is 0 Å². The molecule has 0 atom stereocenters. The first-order valence-corrected chi connectivity index (χ1v) is 4.99. The van der Waals surface area contributed by atoms with Gasteiger partial charge in [0.05, 0.1) is 6.61 Å². The van der Waals surface area contributed by atoms with E-state index in [2.05, 4.69) is 24.0 Å². The fraction of sp³-hybridized carbons (Fsp3) is 0.600. The lowest BCUT2D eigenvalue weighted by Crippen LogP contribution is -2.09. The minimum absolute atomic E-state index is 0.0931. The summed E-state index contributed by atoms with van der Waals surface area (Å²) in [5.41, 5.74) is -1.02. The Morgan fingerprint density at radius 3 is 2.00 bits per heavy atom. The van der Waals surface area contributed by atoms with Gasteiger partial charge >= 0.3 is 6.18 Å². The molecule has 0 fully saturated rings. The first-order valence-electron chi connectivity index (χ1n) is 4.99. The van der Waals surface area contributed by atoms with Crippen molar-refractivity contribution >= 4 is 0 Å². The molecule has 6 heteroatoms. The van der Waals surface area contributed by atoms with Crippen molar-refractivity contribution in [3.8, 4) is 5.88 Å². The summed E-state index contributed by atoms with van der Waals surface area (Å²) in [5, 5.41) is 6.21. The highest BCUT2D eigenvalue weighted by atomic mass is 19.4. The summed E-state index contributed by atoms with van der Waals surface area (Å²) >= 11 is 0. The van der Waals surface area contributed by atoms with E-state index in [9.17, 15) is 13.2 Å². The average Bonchev–Trinajstić information content (AvgIpc) is 2.19. The third-order valence-electron chi connectivity index (χ3n) is 1.22. The molecule has 1 heterocycles. The van der Waals surface area contributed by atoms with Crippen LogP contribution in [-0.4, -0.2) is 16.8 Å². The Morgan fingerprint density at radius 1 is 1.12 bits per heavy atom. The molecule has 0 saturated heterocycles. The van der Waals surface area contributed by atoms with Crippen LogP contribution in [-0.2, 0) is 6.18 Å². The molecule has 1 aromatic heterocycles. The zero-order valence-corrected chi connectivity index (χ0v) is 9.51. The SMILES string of the molecule is CCC.CCOc1ccc(C(F)(F)F)nn1. The zero-order chi connectivity index (χ0) is 12.6. The summed E-state index contributed by atoms with van der Waals surface area (Å²) in [4.78, 5) is 0. The van der Waals surface area contributed by atoms with Crippen LogP contribution in [0.5, 0.6) is 5.88 Å². The van der Waals surface area contributed by atoms with Gasteiger partial charge in [-0.3, -0.25) is 0 Å². The molecule has 0 radical (unpaired) electrons. The zero-order valence-electron chi connectivity index (χ0n) is 9.51. The van der Waals surface area contributed by atoms with Crippen LogP contribution in [0.25, 0.3) is 0 Å². The van der Waals surface area contributed by atoms with Gasteiger partial charge in [0.2, 0.25) is 5.88 Å². The van der Waals surface area contributed by atoms with E-state index >= 15 is 0 Å². The van der Waals surface area contributed by atoms with Crippen molar-refractivity contribution in [1.82, 2.24) is 10.2 Å². The first kappa shape index (κ1) is 14.7. The quantitative estimate of drug-likeness (QED) is 0.790. The van der Waals surface area contributed by atoms with Gasteiger partial charge < -0.3 is 4.74 Å². The Hall–Kier alpha value is -1.33. The molecule has 0 aliphatic carbocycles. The number of hydrogen-bond acceptors (Lipinski definition) is 3. The summed E-state index contributed by atoms with van der Waals surface area (Å²) in [6.07, 6.45) is -3.20. The van der Waals surface area contributed by atoms with Gasteiger partial charge in [0.15, 0.2) is 5.69 Å². The summed E-state index contributed by atoms with van der Waals surface area (Å²) in [6.45, 7) is 6.30. The Bertz CT molecular complexity index is 285. The lowest BCUT2D eigenvalue weighted by molar-refractivity contribution is -0.141. The number of hydrogen-bond donors (Lipinski definition) is 0. The van der Waals surface area contributed by atoms with E-state index in [1.54, 1.807) is 6.92 Å². The van der Waals surface area contributed by atoms with E-state index in [1.807, 2.05) is 0 Å². The molecule has 92 valence electrons. The molecule has 16 heavy (non-hydrogen) atoms. The molecule has 0 bridgehead atoms. The van der Waals surface area contributed by atoms with E-state index < -0.39 is 11.9 Å². The van der Waals surface area contributed by atoms with Gasteiger partial charge in [-0.05, 0) is 13.0 Å². The van der Waals surface area contributed by atoms with E-state index in [1.165, 1.54) is 6.42 Å². The lowest BCUT2D eigenvalue weighted by atomic mass is 10.4. The third-order valence-corrected chi connectivity index (χ3v) is 1.22. The molecule has 3 nitrogen and oxygen atoms in total. The van der Waals surface area contributed by atoms with Crippen LogP contribution in [0.15, 0.2) is 12.1 Å². The van der Waals surface area contributed by atoms with Gasteiger partial charge in [0.1, 0.15) is 0 Å². The summed E-state index contributed by atoms with van der Waals surface area (Å²) in [5.74, 6) is 0.0931. The number of ether oxygens (including phenoxy) is 1. The number of alkyl halides is 3. The van der Waals surface area contributed by atoms with Gasteiger partial charge in [-0.1, -0.05) is 20.3 Å². The van der Waals surface area contributed by atoms with Gasteiger partial charge in [-0.25, -0.2) is 0 Å². The second-order valence-electron chi connectivity index (χ2n) is 2.89. The maximum Gasteiger partial charge on any atom is 0.435 e. The summed E-state index contributed by atoms with van der Waals surface area (Å²) < 4.78 is 40.7. The fourth-order valence-corrected chi connectivity index (χ4v) is 0.696. The Kier molecular flexibility index (Phi) is 6.44. The second-order valence-corrected chi connectivity index (χ2v) is 2.89. The molecule has 0 unspecified atom stereocenters. The molecule has 1 rings (SSSR count). The van der Waals surface area contributed by atoms with Gasteiger partial charge in [0, 0.05) is 6.07 Å². The molecule has 1 aromatic rings. The van der Waals surface area contributed by atoms with Crippen LogP contribution < -0.4 is 4.74 Å². The predicted molar refractivity (Wildman–Crippen MR) is 54.2 cm³/mol. The van der Waals surface area contributed by atoms with Gasteiger partial charge in [-0.15, -0.1) is 10.2 Å². The molecular weight excluding hydrogens is 221 g/mol. The highest BCUT2D eigenvalue weighted by molar-refractivity contribution is 5.13. The number of halogens is 3. The maximum absolute atomic E-state index is 12.0. The fourth-order valence-electron chi connectivity index (χ4n) is 0.696. The van der Waals surface area contributed by atoms with Crippen LogP contribution in [0.4, 0.5) is 13.2 Å². The van der Waals surface area contributed by atoms with E-state index in [0.29, 0.717) is 6.61 Å². The van der Waals surface area contributed by atoms with Crippen molar-refractivity contribution in [2.75, 3.05) is 6.61 Å². The first-order chi connectivity index (χ1) is 7.45. The predicted octanol–water partition coefficient (Wildman–Crippen LogP) is 3.31. The van der Waals surface area contributed by atoms with Crippen LogP contribution in [0.1, 0.15) is 32.9 Å². The van der Waals surface area contributed by atoms with Crippen molar-refractivity contribution in [2.24, 2.45) is 0 Å². The topological polar surface area (TPSA) is 35.0 Å². The standard InChI is InChI=1S/C7H7F3N2O.C3H8/c1-2-13-6-4-3-5(11-12-6)7(8,9)10;1-3-2/h3-4H,2H2,1H3;3H2,1-2H3. The van der Waals surface area contributed by atoms with Crippen LogP contribution in [0, 0.1) is 0 Å². The van der Waals surface area contributed by atoms with Crippen molar-refractivity contribution in [3.05, 3.63) is 17.8 Å². The Morgan fingerprint density at radius 2 is 1.69 bits per heavy atom. The molecule has 0 aromatic carbocycles. The smallest absolute Gasteiger partial charge is 0.435 e.